The van der Waals surface area contributed by atoms with Crippen LogP contribution in [-0.4, -0.2) is 26.2 Å². The molecule has 1 aromatic rings. The molecule has 0 heterocycles. The van der Waals surface area contributed by atoms with Gasteiger partial charge in [-0.15, -0.1) is 0 Å². The third-order valence-electron chi connectivity index (χ3n) is 3.58. The zero-order valence-electron chi connectivity index (χ0n) is 12.5. The van der Waals surface area contributed by atoms with Crippen molar-refractivity contribution in [2.75, 3.05) is 6.61 Å². The van der Waals surface area contributed by atoms with Crippen LogP contribution in [0.2, 0.25) is 0 Å². The Morgan fingerprint density at radius 3 is 2.38 bits per heavy atom. The molecule has 0 bridgehead atoms. The summed E-state index contributed by atoms with van der Waals surface area (Å²) in [5.41, 5.74) is 0. The number of benzene rings is 1. The number of nitrogens with one attached hydrogen (secondary N) is 1. The molecule has 0 aliphatic carbocycles. The summed E-state index contributed by atoms with van der Waals surface area (Å²) in [6, 6.07) is 6.02. The Kier molecular flexibility index (Phi) is 7.87. The van der Waals surface area contributed by atoms with Crippen LogP contribution in [-0.2, 0) is 10.0 Å². The summed E-state index contributed by atoms with van der Waals surface area (Å²) in [7, 11) is -3.59. The molecular weight excluding hydrogens is 354 g/mol. The number of halogens is 1. The minimum Gasteiger partial charge on any atom is -0.395 e. The smallest absolute Gasteiger partial charge is 0.240 e. The molecule has 0 fully saturated rings. The summed E-state index contributed by atoms with van der Waals surface area (Å²) in [5.74, 6) is 0.103. The van der Waals surface area contributed by atoms with E-state index in [1.807, 2.05) is 6.92 Å². The van der Waals surface area contributed by atoms with Gasteiger partial charge in [0.15, 0.2) is 0 Å². The van der Waals surface area contributed by atoms with Gasteiger partial charge >= 0.3 is 0 Å². The predicted octanol–water partition coefficient (Wildman–Crippen LogP) is 3.30. The number of hydrogen-bond acceptors (Lipinski definition) is 3. The fourth-order valence-corrected chi connectivity index (χ4v) is 3.73. The van der Waals surface area contributed by atoms with Gasteiger partial charge in [0.2, 0.25) is 10.0 Å². The van der Waals surface area contributed by atoms with E-state index in [9.17, 15) is 13.5 Å². The van der Waals surface area contributed by atoms with Crippen molar-refractivity contribution in [2.24, 2.45) is 5.92 Å². The third kappa shape index (κ3) is 6.06. The van der Waals surface area contributed by atoms with Gasteiger partial charge in [0.1, 0.15) is 0 Å². The summed E-state index contributed by atoms with van der Waals surface area (Å²) in [6.45, 7) is 3.91. The highest BCUT2D eigenvalue weighted by atomic mass is 79.9. The molecule has 1 aromatic carbocycles. The van der Waals surface area contributed by atoms with Crippen molar-refractivity contribution in [3.05, 3.63) is 28.7 Å². The van der Waals surface area contributed by atoms with Gasteiger partial charge in [-0.3, -0.25) is 0 Å². The topological polar surface area (TPSA) is 66.4 Å². The van der Waals surface area contributed by atoms with Gasteiger partial charge in [-0.2, -0.15) is 0 Å². The molecule has 0 saturated carbocycles. The highest BCUT2D eigenvalue weighted by Crippen LogP contribution is 2.18. The van der Waals surface area contributed by atoms with E-state index in [1.165, 1.54) is 0 Å². The van der Waals surface area contributed by atoms with Gasteiger partial charge in [-0.05, 0) is 36.6 Å². The van der Waals surface area contributed by atoms with Gasteiger partial charge in [0.25, 0.3) is 0 Å². The molecule has 0 aliphatic rings. The molecule has 0 saturated heterocycles. The van der Waals surface area contributed by atoms with Crippen LogP contribution in [0.15, 0.2) is 33.6 Å². The molecule has 2 N–H and O–H groups in total. The Hall–Kier alpha value is -0.430. The normalized spacial score (nSPS) is 14.9. The average Bonchev–Trinajstić information content (AvgIpc) is 2.45. The monoisotopic (exact) mass is 377 g/mol. The fraction of sp³-hybridized carbons (Fsp3) is 0.600. The summed E-state index contributed by atoms with van der Waals surface area (Å²) in [4.78, 5) is 0.213. The quantitative estimate of drug-likeness (QED) is 0.648. The summed E-state index contributed by atoms with van der Waals surface area (Å²) in [5, 5.41) is 9.47. The lowest BCUT2D eigenvalue weighted by Crippen LogP contribution is -2.41. The number of hydrogen-bond donors (Lipinski definition) is 2. The molecule has 0 radical (unpaired) electrons. The Labute approximate surface area is 136 Å². The van der Waals surface area contributed by atoms with E-state index in [-0.39, 0.29) is 17.4 Å². The number of aliphatic hydroxyl groups excluding tert-OH is 1. The van der Waals surface area contributed by atoms with Crippen molar-refractivity contribution in [3.8, 4) is 0 Å². The standard InChI is InChI=1S/C15H24BrNO3S/c1-3-4-5-6-12(2)15(11-18)17-21(19,20)14-9-7-13(16)8-10-14/h7-10,12,15,17-18H,3-6,11H2,1-2H3/t12-,15?/m0/s1. The van der Waals surface area contributed by atoms with Crippen LogP contribution in [0.1, 0.15) is 39.5 Å². The maximum absolute atomic E-state index is 12.3. The largest absolute Gasteiger partial charge is 0.395 e. The Morgan fingerprint density at radius 2 is 1.86 bits per heavy atom. The van der Waals surface area contributed by atoms with E-state index in [0.29, 0.717) is 0 Å². The minimum atomic E-state index is -3.59. The van der Waals surface area contributed by atoms with Crippen molar-refractivity contribution in [2.45, 2.75) is 50.5 Å². The first-order valence-corrected chi connectivity index (χ1v) is 9.57. The Balaban J connectivity index is 2.72. The van der Waals surface area contributed by atoms with Crippen LogP contribution in [0, 0.1) is 5.92 Å². The van der Waals surface area contributed by atoms with Crippen LogP contribution in [0.4, 0.5) is 0 Å². The maximum Gasteiger partial charge on any atom is 0.240 e. The van der Waals surface area contributed by atoms with Crippen molar-refractivity contribution >= 4 is 26.0 Å². The van der Waals surface area contributed by atoms with Crippen LogP contribution in [0.25, 0.3) is 0 Å². The zero-order valence-corrected chi connectivity index (χ0v) is 15.0. The molecule has 0 amide bonds. The molecule has 1 unspecified atom stereocenters. The second-order valence-corrected chi connectivity index (χ2v) is 7.97. The van der Waals surface area contributed by atoms with E-state index in [4.69, 9.17) is 0 Å². The second-order valence-electron chi connectivity index (χ2n) is 5.34. The van der Waals surface area contributed by atoms with Gasteiger partial charge < -0.3 is 5.11 Å². The molecule has 4 nitrogen and oxygen atoms in total. The SMILES string of the molecule is CCCCC[C@H](C)C(CO)NS(=O)(=O)c1ccc(Br)cc1. The zero-order chi connectivity index (χ0) is 15.9. The lowest BCUT2D eigenvalue weighted by molar-refractivity contribution is 0.214. The highest BCUT2D eigenvalue weighted by Gasteiger charge is 2.23. The molecular formula is C15H24BrNO3S. The van der Waals surface area contributed by atoms with Gasteiger partial charge in [0.05, 0.1) is 11.5 Å². The highest BCUT2D eigenvalue weighted by molar-refractivity contribution is 9.10. The molecule has 1 rings (SSSR count). The number of unbranched alkanes of at least 4 members (excludes halogenated alkanes) is 2. The lowest BCUT2D eigenvalue weighted by atomic mass is 9.96. The molecule has 0 aliphatic heterocycles. The van der Waals surface area contributed by atoms with Gasteiger partial charge in [-0.1, -0.05) is 49.0 Å². The van der Waals surface area contributed by atoms with E-state index in [1.54, 1.807) is 24.3 Å². The minimum absolute atomic E-state index is 0.103. The van der Waals surface area contributed by atoms with Crippen molar-refractivity contribution in [1.82, 2.24) is 4.72 Å². The number of sulfonamides is 1. The van der Waals surface area contributed by atoms with Crippen molar-refractivity contribution < 1.29 is 13.5 Å². The van der Waals surface area contributed by atoms with Crippen LogP contribution in [0.3, 0.4) is 0 Å². The summed E-state index contributed by atoms with van der Waals surface area (Å²) >= 11 is 3.28. The summed E-state index contributed by atoms with van der Waals surface area (Å²) in [6.07, 6.45) is 4.21. The Morgan fingerprint density at radius 1 is 1.24 bits per heavy atom. The van der Waals surface area contributed by atoms with Crippen LogP contribution < -0.4 is 4.72 Å². The van der Waals surface area contributed by atoms with Crippen molar-refractivity contribution in [3.63, 3.8) is 0 Å². The predicted molar refractivity (Wildman–Crippen MR) is 88.6 cm³/mol. The molecule has 21 heavy (non-hydrogen) atoms. The molecule has 0 spiro atoms. The first kappa shape index (κ1) is 18.6. The molecule has 120 valence electrons. The number of rotatable bonds is 9. The third-order valence-corrected chi connectivity index (χ3v) is 5.61. The van der Waals surface area contributed by atoms with Crippen molar-refractivity contribution in [1.29, 1.82) is 0 Å². The van der Waals surface area contributed by atoms with Crippen LogP contribution in [0.5, 0.6) is 0 Å². The molecule has 0 aromatic heterocycles. The number of aliphatic hydroxyl groups is 1. The molecule has 6 heteroatoms. The molecule has 2 atom stereocenters. The maximum atomic E-state index is 12.3. The summed E-state index contributed by atoms with van der Waals surface area (Å²) < 4.78 is 28.1. The van der Waals surface area contributed by atoms with Gasteiger partial charge in [0, 0.05) is 10.5 Å². The average molecular weight is 378 g/mol. The van der Waals surface area contributed by atoms with Gasteiger partial charge in [-0.25, -0.2) is 13.1 Å². The lowest BCUT2D eigenvalue weighted by Gasteiger charge is -2.23. The Bertz CT molecular complexity index is 516. The first-order chi connectivity index (χ1) is 9.90. The fourth-order valence-electron chi connectivity index (χ4n) is 2.13. The van der Waals surface area contributed by atoms with Crippen LogP contribution >= 0.6 is 15.9 Å². The second kappa shape index (κ2) is 8.88. The van der Waals surface area contributed by atoms with E-state index < -0.39 is 16.1 Å². The van der Waals surface area contributed by atoms with E-state index in [2.05, 4.69) is 27.6 Å². The van der Waals surface area contributed by atoms with E-state index in [0.717, 1.165) is 30.2 Å². The van der Waals surface area contributed by atoms with E-state index >= 15 is 0 Å². The first-order valence-electron chi connectivity index (χ1n) is 7.29.